The Hall–Kier alpha value is -2.28. The van der Waals surface area contributed by atoms with Gasteiger partial charge in [-0.3, -0.25) is 4.79 Å². The highest BCUT2D eigenvalue weighted by molar-refractivity contribution is 7.07. The molecule has 6 nitrogen and oxygen atoms in total. The summed E-state index contributed by atoms with van der Waals surface area (Å²) < 4.78 is 3.82. The molecule has 4 rings (SSSR count). The molecule has 2 heterocycles. The van der Waals surface area contributed by atoms with Gasteiger partial charge in [0.1, 0.15) is 10.7 Å². The van der Waals surface area contributed by atoms with Gasteiger partial charge < -0.3 is 10.3 Å². The first-order valence-electron chi connectivity index (χ1n) is 8.72. The molecule has 1 aliphatic carbocycles. The van der Waals surface area contributed by atoms with E-state index in [1.807, 2.05) is 25.1 Å². The molecular formula is C18H21N5OS. The summed E-state index contributed by atoms with van der Waals surface area (Å²) in [7, 11) is 0. The Kier molecular flexibility index (Phi) is 4.48. The SMILES string of the molecule is Cc1nnsc1C(=O)NCC1CCC(c2nc3ccccc3[nH]2)CC1. The molecule has 0 spiro atoms. The number of imidazole rings is 1. The van der Waals surface area contributed by atoms with Crippen molar-refractivity contribution in [2.75, 3.05) is 6.54 Å². The number of aromatic amines is 1. The Morgan fingerprint density at radius 1 is 1.28 bits per heavy atom. The van der Waals surface area contributed by atoms with E-state index in [0.717, 1.165) is 60.6 Å². The van der Waals surface area contributed by atoms with E-state index < -0.39 is 0 Å². The molecule has 0 atom stereocenters. The fraction of sp³-hybridized carbons (Fsp3) is 0.444. The lowest BCUT2D eigenvalue weighted by atomic mass is 9.81. The number of carbonyl (C=O) groups is 1. The summed E-state index contributed by atoms with van der Waals surface area (Å²) >= 11 is 1.16. The lowest BCUT2D eigenvalue weighted by Crippen LogP contribution is -2.31. The average Bonchev–Trinajstić information content (AvgIpc) is 3.26. The fourth-order valence-electron chi connectivity index (χ4n) is 3.56. The van der Waals surface area contributed by atoms with Crippen molar-refractivity contribution in [1.29, 1.82) is 0 Å². The second-order valence-corrected chi connectivity index (χ2v) is 7.51. The topological polar surface area (TPSA) is 83.6 Å². The second kappa shape index (κ2) is 6.92. The molecule has 2 aromatic heterocycles. The number of amides is 1. The van der Waals surface area contributed by atoms with Gasteiger partial charge in [-0.2, -0.15) is 0 Å². The van der Waals surface area contributed by atoms with Crippen LogP contribution in [0.3, 0.4) is 0 Å². The van der Waals surface area contributed by atoms with E-state index in [-0.39, 0.29) is 5.91 Å². The number of carbonyl (C=O) groups excluding carboxylic acids is 1. The maximum absolute atomic E-state index is 12.2. The zero-order chi connectivity index (χ0) is 17.2. The molecule has 3 aromatic rings. The molecule has 0 unspecified atom stereocenters. The van der Waals surface area contributed by atoms with Crippen molar-refractivity contribution in [2.45, 2.75) is 38.5 Å². The number of aromatic nitrogens is 4. The number of hydrogen-bond acceptors (Lipinski definition) is 5. The molecule has 7 heteroatoms. The van der Waals surface area contributed by atoms with Crippen molar-refractivity contribution >= 4 is 28.5 Å². The van der Waals surface area contributed by atoms with Crippen LogP contribution in [0.5, 0.6) is 0 Å². The molecule has 0 saturated heterocycles. The molecule has 1 fully saturated rings. The van der Waals surface area contributed by atoms with Gasteiger partial charge in [-0.05, 0) is 62.2 Å². The van der Waals surface area contributed by atoms with Crippen molar-refractivity contribution in [3.8, 4) is 0 Å². The lowest BCUT2D eigenvalue weighted by Gasteiger charge is -2.27. The predicted octanol–water partition coefficient (Wildman–Crippen LogP) is 3.43. The summed E-state index contributed by atoms with van der Waals surface area (Å²) in [4.78, 5) is 21.0. The minimum absolute atomic E-state index is 0.0492. The van der Waals surface area contributed by atoms with Crippen LogP contribution in [0.1, 0.15) is 52.8 Å². The molecule has 130 valence electrons. The van der Waals surface area contributed by atoms with Gasteiger partial charge in [-0.1, -0.05) is 16.6 Å². The maximum atomic E-state index is 12.2. The number of para-hydroxylation sites is 2. The van der Waals surface area contributed by atoms with Crippen LogP contribution in [-0.2, 0) is 0 Å². The van der Waals surface area contributed by atoms with Gasteiger partial charge in [-0.15, -0.1) is 5.10 Å². The summed E-state index contributed by atoms with van der Waals surface area (Å²) in [5, 5.41) is 6.93. The Bertz CT molecular complexity index is 845. The van der Waals surface area contributed by atoms with Crippen molar-refractivity contribution in [3.63, 3.8) is 0 Å². The number of benzene rings is 1. The van der Waals surface area contributed by atoms with Gasteiger partial charge in [0.2, 0.25) is 0 Å². The van der Waals surface area contributed by atoms with Crippen LogP contribution >= 0.6 is 11.5 Å². The van der Waals surface area contributed by atoms with Crippen LogP contribution in [0.4, 0.5) is 0 Å². The molecule has 1 aliphatic rings. The predicted molar refractivity (Wildman–Crippen MR) is 97.8 cm³/mol. The molecule has 0 radical (unpaired) electrons. The van der Waals surface area contributed by atoms with Crippen LogP contribution < -0.4 is 5.32 Å². The Morgan fingerprint density at radius 3 is 2.80 bits per heavy atom. The monoisotopic (exact) mass is 355 g/mol. The molecule has 25 heavy (non-hydrogen) atoms. The van der Waals surface area contributed by atoms with Crippen LogP contribution in [0, 0.1) is 12.8 Å². The number of nitrogens with one attached hydrogen (secondary N) is 2. The molecule has 1 aromatic carbocycles. The van der Waals surface area contributed by atoms with Crippen LogP contribution in [0.2, 0.25) is 0 Å². The molecule has 2 N–H and O–H groups in total. The van der Waals surface area contributed by atoms with E-state index in [1.165, 1.54) is 0 Å². The van der Waals surface area contributed by atoms with Gasteiger partial charge >= 0.3 is 0 Å². The van der Waals surface area contributed by atoms with E-state index in [0.29, 0.717) is 22.4 Å². The summed E-state index contributed by atoms with van der Waals surface area (Å²) in [5.41, 5.74) is 2.86. The minimum atomic E-state index is -0.0492. The molecule has 1 saturated carbocycles. The minimum Gasteiger partial charge on any atom is -0.351 e. The van der Waals surface area contributed by atoms with Gasteiger partial charge in [0.25, 0.3) is 5.91 Å². The van der Waals surface area contributed by atoms with Gasteiger partial charge in [-0.25, -0.2) is 4.98 Å². The molecular weight excluding hydrogens is 334 g/mol. The first kappa shape index (κ1) is 16.2. The highest BCUT2D eigenvalue weighted by Crippen LogP contribution is 2.35. The third kappa shape index (κ3) is 3.42. The summed E-state index contributed by atoms with van der Waals surface area (Å²) in [6, 6.07) is 8.17. The van der Waals surface area contributed by atoms with E-state index in [2.05, 4.69) is 26.0 Å². The Labute approximate surface area is 150 Å². The summed E-state index contributed by atoms with van der Waals surface area (Å²) in [6.45, 7) is 2.54. The average molecular weight is 355 g/mol. The van der Waals surface area contributed by atoms with Crippen molar-refractivity contribution in [1.82, 2.24) is 24.9 Å². The second-order valence-electron chi connectivity index (χ2n) is 6.75. The van der Waals surface area contributed by atoms with E-state index in [1.54, 1.807) is 0 Å². The first-order valence-corrected chi connectivity index (χ1v) is 9.50. The highest BCUT2D eigenvalue weighted by atomic mass is 32.1. The van der Waals surface area contributed by atoms with Gasteiger partial charge in [0.05, 0.1) is 16.7 Å². The summed E-state index contributed by atoms with van der Waals surface area (Å²) in [5.74, 6) is 2.08. The molecule has 1 amide bonds. The molecule has 0 aliphatic heterocycles. The maximum Gasteiger partial charge on any atom is 0.264 e. The summed E-state index contributed by atoms with van der Waals surface area (Å²) in [6.07, 6.45) is 4.45. The number of nitrogens with zero attached hydrogens (tertiary/aromatic N) is 3. The zero-order valence-corrected chi connectivity index (χ0v) is 15.0. The molecule has 0 bridgehead atoms. The van der Waals surface area contributed by atoms with E-state index in [9.17, 15) is 4.79 Å². The number of fused-ring (bicyclic) bond motifs is 1. The van der Waals surface area contributed by atoms with Crippen molar-refractivity contribution < 1.29 is 4.79 Å². The number of hydrogen-bond donors (Lipinski definition) is 2. The third-order valence-electron chi connectivity index (χ3n) is 5.05. The quantitative estimate of drug-likeness (QED) is 0.751. The zero-order valence-electron chi connectivity index (χ0n) is 14.2. The highest BCUT2D eigenvalue weighted by Gasteiger charge is 2.25. The number of aryl methyl sites for hydroxylation is 1. The normalized spacial score (nSPS) is 20.7. The van der Waals surface area contributed by atoms with Crippen LogP contribution in [-0.4, -0.2) is 32.0 Å². The number of H-pyrrole nitrogens is 1. The van der Waals surface area contributed by atoms with E-state index in [4.69, 9.17) is 4.98 Å². The van der Waals surface area contributed by atoms with E-state index >= 15 is 0 Å². The first-order chi connectivity index (χ1) is 12.2. The Morgan fingerprint density at radius 2 is 2.08 bits per heavy atom. The fourth-order valence-corrected chi connectivity index (χ4v) is 4.14. The van der Waals surface area contributed by atoms with Crippen LogP contribution in [0.25, 0.3) is 11.0 Å². The third-order valence-corrected chi connectivity index (χ3v) is 5.88. The largest absolute Gasteiger partial charge is 0.351 e. The number of rotatable bonds is 4. The smallest absolute Gasteiger partial charge is 0.264 e. The van der Waals surface area contributed by atoms with Gasteiger partial charge in [0, 0.05) is 12.5 Å². The lowest BCUT2D eigenvalue weighted by molar-refractivity contribution is 0.0946. The van der Waals surface area contributed by atoms with Gasteiger partial charge in [0.15, 0.2) is 0 Å². The van der Waals surface area contributed by atoms with Crippen LogP contribution in [0.15, 0.2) is 24.3 Å². The Balaban J connectivity index is 1.31. The standard InChI is InChI=1S/C18H21N5OS/c1-11-16(25-23-22-11)18(24)19-10-12-6-8-13(9-7-12)17-20-14-4-2-3-5-15(14)21-17/h2-5,12-13H,6-10H2,1H3,(H,19,24)(H,20,21). The van der Waals surface area contributed by atoms with Crippen molar-refractivity contribution in [2.24, 2.45) is 5.92 Å². The van der Waals surface area contributed by atoms with Crippen molar-refractivity contribution in [3.05, 3.63) is 40.7 Å².